The second kappa shape index (κ2) is 4.79. The van der Waals surface area contributed by atoms with E-state index in [1.165, 1.54) is 24.8 Å². The molecule has 0 atom stereocenters. The third-order valence-corrected chi connectivity index (χ3v) is 4.56. The molecule has 0 spiro atoms. The van der Waals surface area contributed by atoms with E-state index in [0.717, 1.165) is 31.7 Å². The first kappa shape index (κ1) is 12.9. The van der Waals surface area contributed by atoms with Crippen LogP contribution in [0.4, 0.5) is 5.82 Å². The average molecular weight is 284 g/mol. The summed E-state index contributed by atoms with van der Waals surface area (Å²) < 4.78 is 25.1. The predicted molar refractivity (Wildman–Crippen MR) is 73.8 cm³/mol. The maximum Gasteiger partial charge on any atom is 0.208 e. The fourth-order valence-corrected chi connectivity index (χ4v) is 3.46. The highest BCUT2D eigenvalue weighted by Gasteiger charge is 2.27. The summed E-state index contributed by atoms with van der Waals surface area (Å²) in [6, 6.07) is 2.20. The molecule has 6 nitrogen and oxygen atoms in total. The normalized spacial score (nSPS) is 21.8. The zero-order valence-electron chi connectivity index (χ0n) is 11.1. The van der Waals surface area contributed by atoms with Crippen LogP contribution in [0.25, 0.3) is 0 Å². The highest BCUT2D eigenvalue weighted by atomic mass is 32.2. The fraction of sp³-hybridized carbons (Fsp3) is 0.750. The number of hydrogen-bond acceptors (Lipinski definition) is 4. The summed E-state index contributed by atoms with van der Waals surface area (Å²) in [6.45, 7) is 1.70. The number of rotatable bonds is 4. The van der Waals surface area contributed by atoms with E-state index in [9.17, 15) is 8.42 Å². The maximum absolute atomic E-state index is 11.2. The SMILES string of the molecule is CS(=O)(=O)NC1CCN(c2cc(C3CC3)[nH]n2)CC1. The third kappa shape index (κ3) is 3.27. The standard InChI is InChI=1S/C12H20N4O2S/c1-19(17,18)15-10-4-6-16(7-5-10)12-8-11(13-14-12)9-2-3-9/h8-10,15H,2-7H2,1H3,(H,13,14). The van der Waals surface area contributed by atoms with Crippen LogP contribution in [0.1, 0.15) is 37.3 Å². The molecule has 0 amide bonds. The average Bonchev–Trinajstić information content (AvgIpc) is 3.07. The minimum Gasteiger partial charge on any atom is -0.355 e. The Morgan fingerprint density at radius 2 is 2.00 bits per heavy atom. The summed E-state index contributed by atoms with van der Waals surface area (Å²) in [5, 5.41) is 7.47. The lowest BCUT2D eigenvalue weighted by molar-refractivity contribution is 0.460. The molecule has 1 aromatic heterocycles. The number of aromatic nitrogens is 2. The van der Waals surface area contributed by atoms with Crippen molar-refractivity contribution in [2.45, 2.75) is 37.6 Å². The number of aromatic amines is 1. The number of nitrogens with one attached hydrogen (secondary N) is 2. The highest BCUT2D eigenvalue weighted by molar-refractivity contribution is 7.88. The molecule has 2 heterocycles. The Balaban J connectivity index is 1.57. The summed E-state index contributed by atoms with van der Waals surface area (Å²) in [5.41, 5.74) is 1.24. The van der Waals surface area contributed by atoms with Crippen LogP contribution in [-0.2, 0) is 10.0 Å². The van der Waals surface area contributed by atoms with Crippen molar-refractivity contribution in [2.24, 2.45) is 0 Å². The molecule has 7 heteroatoms. The molecule has 0 unspecified atom stereocenters. The van der Waals surface area contributed by atoms with E-state index < -0.39 is 10.0 Å². The number of sulfonamides is 1. The fourth-order valence-electron chi connectivity index (χ4n) is 2.62. The maximum atomic E-state index is 11.2. The summed E-state index contributed by atoms with van der Waals surface area (Å²) in [5.74, 6) is 1.69. The molecule has 106 valence electrons. The number of piperidine rings is 1. The third-order valence-electron chi connectivity index (χ3n) is 3.80. The van der Waals surface area contributed by atoms with E-state index in [-0.39, 0.29) is 6.04 Å². The molecule has 2 N–H and O–H groups in total. The molecule has 1 aliphatic carbocycles. The van der Waals surface area contributed by atoms with Gasteiger partial charge in [-0.3, -0.25) is 5.10 Å². The molecule has 1 aliphatic heterocycles. The zero-order valence-corrected chi connectivity index (χ0v) is 11.9. The van der Waals surface area contributed by atoms with Crippen molar-refractivity contribution in [2.75, 3.05) is 24.2 Å². The summed E-state index contributed by atoms with van der Waals surface area (Å²) in [7, 11) is -3.10. The van der Waals surface area contributed by atoms with Gasteiger partial charge < -0.3 is 4.90 Å². The van der Waals surface area contributed by atoms with E-state index >= 15 is 0 Å². The van der Waals surface area contributed by atoms with Gasteiger partial charge in [0.1, 0.15) is 0 Å². The molecule has 0 aromatic carbocycles. The molecule has 19 heavy (non-hydrogen) atoms. The van der Waals surface area contributed by atoms with E-state index in [2.05, 4.69) is 25.9 Å². The first-order chi connectivity index (χ1) is 9.01. The van der Waals surface area contributed by atoms with Crippen LogP contribution >= 0.6 is 0 Å². The van der Waals surface area contributed by atoms with Crippen molar-refractivity contribution in [3.05, 3.63) is 11.8 Å². The number of anilines is 1. The van der Waals surface area contributed by atoms with Gasteiger partial charge in [0, 0.05) is 36.8 Å². The highest BCUT2D eigenvalue weighted by Crippen LogP contribution is 2.40. The number of H-pyrrole nitrogens is 1. The van der Waals surface area contributed by atoms with Crippen LogP contribution in [0.15, 0.2) is 6.07 Å². The molecular formula is C12H20N4O2S. The summed E-state index contributed by atoms with van der Waals surface area (Å²) >= 11 is 0. The second-order valence-electron chi connectivity index (χ2n) is 5.61. The van der Waals surface area contributed by atoms with Crippen LogP contribution in [0.5, 0.6) is 0 Å². The summed E-state index contributed by atoms with van der Waals surface area (Å²) in [6.07, 6.45) is 5.41. The smallest absolute Gasteiger partial charge is 0.208 e. The quantitative estimate of drug-likeness (QED) is 0.857. The van der Waals surface area contributed by atoms with Crippen LogP contribution in [-0.4, -0.2) is 44.0 Å². The minimum atomic E-state index is -3.10. The van der Waals surface area contributed by atoms with Crippen LogP contribution < -0.4 is 9.62 Å². The molecular weight excluding hydrogens is 264 g/mol. The first-order valence-electron chi connectivity index (χ1n) is 6.79. The van der Waals surface area contributed by atoms with Gasteiger partial charge in [-0.25, -0.2) is 13.1 Å². The second-order valence-corrected chi connectivity index (χ2v) is 7.39. The Morgan fingerprint density at radius 1 is 1.32 bits per heavy atom. The number of hydrogen-bond donors (Lipinski definition) is 2. The van der Waals surface area contributed by atoms with Gasteiger partial charge in [-0.05, 0) is 25.7 Å². The van der Waals surface area contributed by atoms with Gasteiger partial charge in [0.25, 0.3) is 0 Å². The van der Waals surface area contributed by atoms with Crippen molar-refractivity contribution in [1.29, 1.82) is 0 Å². The lowest BCUT2D eigenvalue weighted by Gasteiger charge is -2.31. The van der Waals surface area contributed by atoms with Crippen molar-refractivity contribution in [1.82, 2.24) is 14.9 Å². The predicted octanol–water partition coefficient (Wildman–Crippen LogP) is 0.805. The largest absolute Gasteiger partial charge is 0.355 e. The number of nitrogens with zero attached hydrogens (tertiary/aromatic N) is 2. The van der Waals surface area contributed by atoms with Crippen molar-refractivity contribution >= 4 is 15.8 Å². The molecule has 2 fully saturated rings. The van der Waals surface area contributed by atoms with Crippen LogP contribution in [0.3, 0.4) is 0 Å². The Bertz CT molecular complexity index is 542. The Kier molecular flexibility index (Phi) is 3.26. The van der Waals surface area contributed by atoms with Gasteiger partial charge in [0.2, 0.25) is 10.0 Å². The van der Waals surface area contributed by atoms with E-state index in [0.29, 0.717) is 5.92 Å². The van der Waals surface area contributed by atoms with Gasteiger partial charge in [-0.15, -0.1) is 0 Å². The van der Waals surface area contributed by atoms with Crippen LogP contribution in [0, 0.1) is 0 Å². The van der Waals surface area contributed by atoms with E-state index in [4.69, 9.17) is 0 Å². The molecule has 2 aliphatic rings. The Morgan fingerprint density at radius 3 is 2.58 bits per heavy atom. The lowest BCUT2D eigenvalue weighted by atomic mass is 10.1. The molecule has 0 bridgehead atoms. The van der Waals surface area contributed by atoms with E-state index in [1.807, 2.05) is 0 Å². The molecule has 3 rings (SSSR count). The Hall–Kier alpha value is -1.08. The van der Waals surface area contributed by atoms with Gasteiger partial charge in [-0.1, -0.05) is 0 Å². The molecule has 1 aromatic rings. The van der Waals surface area contributed by atoms with Gasteiger partial charge >= 0.3 is 0 Å². The summed E-state index contributed by atoms with van der Waals surface area (Å²) in [4.78, 5) is 2.23. The Labute approximate surface area is 113 Å². The monoisotopic (exact) mass is 284 g/mol. The topological polar surface area (TPSA) is 78.1 Å². The van der Waals surface area contributed by atoms with E-state index in [1.54, 1.807) is 0 Å². The minimum absolute atomic E-state index is 0.0631. The lowest BCUT2D eigenvalue weighted by Crippen LogP contribution is -2.44. The van der Waals surface area contributed by atoms with Gasteiger partial charge in [-0.2, -0.15) is 5.10 Å². The molecule has 1 saturated heterocycles. The van der Waals surface area contributed by atoms with Crippen molar-refractivity contribution in [3.8, 4) is 0 Å². The van der Waals surface area contributed by atoms with Gasteiger partial charge in [0.05, 0.1) is 6.26 Å². The molecule has 1 saturated carbocycles. The van der Waals surface area contributed by atoms with Crippen molar-refractivity contribution in [3.63, 3.8) is 0 Å². The first-order valence-corrected chi connectivity index (χ1v) is 8.68. The van der Waals surface area contributed by atoms with Crippen molar-refractivity contribution < 1.29 is 8.42 Å². The van der Waals surface area contributed by atoms with Crippen LogP contribution in [0.2, 0.25) is 0 Å². The zero-order chi connectivity index (χ0) is 13.5. The molecule has 0 radical (unpaired) electrons. The van der Waals surface area contributed by atoms with Gasteiger partial charge in [0.15, 0.2) is 5.82 Å².